The normalized spacial score (nSPS) is 34.1. The van der Waals surface area contributed by atoms with Crippen molar-refractivity contribution in [1.82, 2.24) is 0 Å². The minimum atomic E-state index is -1.23. The minimum absolute atomic E-state index is 0.237. The molecule has 0 heterocycles. The molecule has 1 rings (SSSR count). The molecule has 0 atom stereocenters. The van der Waals surface area contributed by atoms with Gasteiger partial charge in [0, 0.05) is 0 Å². The summed E-state index contributed by atoms with van der Waals surface area (Å²) in [5.41, 5.74) is 0. The van der Waals surface area contributed by atoms with Crippen LogP contribution in [-0.4, -0.2) is 27.0 Å². The van der Waals surface area contributed by atoms with Gasteiger partial charge in [-0.2, -0.15) is 0 Å². The van der Waals surface area contributed by atoms with Crippen molar-refractivity contribution in [1.29, 1.82) is 0 Å². The van der Waals surface area contributed by atoms with Crippen LogP contribution in [0.2, 0.25) is 0 Å². The van der Waals surface area contributed by atoms with Gasteiger partial charge in [0.05, 0.1) is 5.92 Å². The third kappa shape index (κ3) is 2.12. The fraction of sp³-hybridized carbons (Fsp3) is 0.750. The van der Waals surface area contributed by atoms with Crippen LogP contribution in [0.25, 0.3) is 0 Å². The van der Waals surface area contributed by atoms with E-state index < -0.39 is 22.7 Å². The maximum atomic E-state index is 10.7. The summed E-state index contributed by atoms with van der Waals surface area (Å²) in [6.07, 6.45) is 1.18. The smallest absolute Gasteiger partial charge is 0.324 e. The fourth-order valence-corrected chi connectivity index (χ4v) is 1.75. The zero-order valence-corrected chi connectivity index (χ0v) is 7.75. The van der Waals surface area contributed by atoms with Crippen LogP contribution in [0.1, 0.15) is 25.7 Å². The van der Waals surface area contributed by atoms with E-state index in [9.17, 15) is 9.59 Å². The molecule has 2 N–H and O–H groups in total. The van der Waals surface area contributed by atoms with Gasteiger partial charge >= 0.3 is 11.9 Å². The maximum absolute atomic E-state index is 10.7. The molecule has 1 fully saturated rings. The highest BCUT2D eigenvalue weighted by Gasteiger charge is 2.41. The summed E-state index contributed by atoms with van der Waals surface area (Å²) < 4.78 is 0. The van der Waals surface area contributed by atoms with Crippen molar-refractivity contribution in [3.63, 3.8) is 0 Å². The molecular formula is C8H11ClO4. The summed E-state index contributed by atoms with van der Waals surface area (Å²) in [5.74, 6) is -2.33. The van der Waals surface area contributed by atoms with Gasteiger partial charge in [0.15, 0.2) is 0 Å². The Balaban J connectivity index is 2.56. The lowest BCUT2D eigenvalue weighted by Crippen LogP contribution is -2.38. The summed E-state index contributed by atoms with van der Waals surface area (Å²) in [5, 5.41) is 17.4. The van der Waals surface area contributed by atoms with Crippen molar-refractivity contribution in [2.45, 2.75) is 30.6 Å². The van der Waals surface area contributed by atoms with E-state index >= 15 is 0 Å². The van der Waals surface area contributed by atoms with Crippen LogP contribution >= 0.6 is 11.6 Å². The first-order valence-electron chi connectivity index (χ1n) is 4.11. The van der Waals surface area contributed by atoms with Crippen molar-refractivity contribution in [3.05, 3.63) is 0 Å². The van der Waals surface area contributed by atoms with E-state index in [1.165, 1.54) is 0 Å². The predicted octanol–water partition coefficient (Wildman–Crippen LogP) is 1.32. The standard InChI is InChI=1S/C8H11ClO4/c9-8(7(12)13)3-1-5(2-4-8)6(10)11/h5H,1-4H2,(H,10,11)(H,12,13). The quantitative estimate of drug-likeness (QED) is 0.669. The summed E-state index contributed by atoms with van der Waals surface area (Å²) >= 11 is 5.79. The van der Waals surface area contributed by atoms with E-state index in [1.807, 2.05) is 0 Å². The number of rotatable bonds is 2. The topological polar surface area (TPSA) is 74.6 Å². The molecular weight excluding hydrogens is 196 g/mol. The molecule has 5 heteroatoms. The van der Waals surface area contributed by atoms with Crippen molar-refractivity contribution in [2.24, 2.45) is 5.92 Å². The molecule has 0 aromatic carbocycles. The number of aliphatic carboxylic acids is 2. The van der Waals surface area contributed by atoms with Gasteiger partial charge in [-0.1, -0.05) is 0 Å². The van der Waals surface area contributed by atoms with Crippen molar-refractivity contribution in [3.8, 4) is 0 Å². The highest BCUT2D eigenvalue weighted by Crippen LogP contribution is 2.37. The van der Waals surface area contributed by atoms with Crippen LogP contribution in [0.3, 0.4) is 0 Å². The van der Waals surface area contributed by atoms with E-state index in [4.69, 9.17) is 21.8 Å². The average molecular weight is 207 g/mol. The second kappa shape index (κ2) is 3.54. The first-order chi connectivity index (χ1) is 5.96. The summed E-state index contributed by atoms with van der Waals surface area (Å²) in [6, 6.07) is 0. The van der Waals surface area contributed by atoms with Gasteiger partial charge in [0.2, 0.25) is 0 Å². The van der Waals surface area contributed by atoms with Gasteiger partial charge in [-0.15, -0.1) is 11.6 Å². The molecule has 1 aliphatic rings. The second-order valence-corrected chi connectivity index (χ2v) is 4.11. The Hall–Kier alpha value is -0.770. The Labute approximate surface area is 80.5 Å². The molecule has 0 amide bonds. The van der Waals surface area contributed by atoms with Gasteiger partial charge in [-0.25, -0.2) is 0 Å². The Morgan fingerprint density at radius 3 is 2.00 bits per heavy atom. The Kier molecular flexibility index (Phi) is 2.81. The van der Waals surface area contributed by atoms with Crippen molar-refractivity contribution in [2.75, 3.05) is 0 Å². The van der Waals surface area contributed by atoms with Crippen LogP contribution in [-0.2, 0) is 9.59 Å². The number of hydrogen-bond acceptors (Lipinski definition) is 2. The van der Waals surface area contributed by atoms with Crippen molar-refractivity contribution >= 4 is 23.5 Å². The van der Waals surface area contributed by atoms with Crippen LogP contribution in [0.15, 0.2) is 0 Å². The van der Waals surface area contributed by atoms with Gasteiger partial charge in [-0.3, -0.25) is 9.59 Å². The summed E-state index contributed by atoms with van der Waals surface area (Å²) in [6.45, 7) is 0. The molecule has 0 unspecified atom stereocenters. The lowest BCUT2D eigenvalue weighted by atomic mass is 9.81. The van der Waals surface area contributed by atoms with Gasteiger partial charge in [0.1, 0.15) is 4.87 Å². The largest absolute Gasteiger partial charge is 0.481 e. The van der Waals surface area contributed by atoms with E-state index in [0.29, 0.717) is 12.8 Å². The average Bonchev–Trinajstić information content (AvgIpc) is 2.04. The van der Waals surface area contributed by atoms with E-state index in [2.05, 4.69) is 0 Å². The zero-order chi connectivity index (χ0) is 10.1. The highest BCUT2D eigenvalue weighted by atomic mass is 35.5. The maximum Gasteiger partial charge on any atom is 0.324 e. The molecule has 74 valence electrons. The van der Waals surface area contributed by atoms with Crippen LogP contribution < -0.4 is 0 Å². The van der Waals surface area contributed by atoms with Gasteiger partial charge in [0.25, 0.3) is 0 Å². The van der Waals surface area contributed by atoms with Crippen molar-refractivity contribution < 1.29 is 19.8 Å². The van der Waals surface area contributed by atoms with Crippen LogP contribution in [0, 0.1) is 5.92 Å². The number of carbonyl (C=O) groups is 2. The minimum Gasteiger partial charge on any atom is -0.481 e. The predicted molar refractivity (Wildman–Crippen MR) is 45.8 cm³/mol. The lowest BCUT2D eigenvalue weighted by molar-refractivity contribution is -0.147. The molecule has 0 aliphatic heterocycles. The molecule has 13 heavy (non-hydrogen) atoms. The van der Waals surface area contributed by atoms with Crippen LogP contribution in [0.4, 0.5) is 0 Å². The first-order valence-corrected chi connectivity index (χ1v) is 4.48. The third-order valence-corrected chi connectivity index (χ3v) is 3.05. The zero-order valence-electron chi connectivity index (χ0n) is 6.99. The lowest BCUT2D eigenvalue weighted by Gasteiger charge is -2.29. The molecule has 0 spiro atoms. The van der Waals surface area contributed by atoms with Crippen LogP contribution in [0.5, 0.6) is 0 Å². The summed E-state index contributed by atoms with van der Waals surface area (Å²) in [7, 11) is 0. The van der Waals surface area contributed by atoms with E-state index in [1.54, 1.807) is 0 Å². The van der Waals surface area contributed by atoms with Gasteiger partial charge in [-0.05, 0) is 25.7 Å². The molecule has 1 aliphatic carbocycles. The SMILES string of the molecule is O=C(O)C1CCC(Cl)(C(=O)O)CC1. The number of hydrogen-bond donors (Lipinski definition) is 2. The van der Waals surface area contributed by atoms with E-state index in [-0.39, 0.29) is 12.8 Å². The number of alkyl halides is 1. The fourth-order valence-electron chi connectivity index (χ4n) is 1.54. The molecule has 1 saturated carbocycles. The molecule has 0 saturated heterocycles. The number of halogens is 1. The molecule has 0 radical (unpaired) electrons. The number of carboxylic acids is 2. The third-order valence-electron chi connectivity index (χ3n) is 2.51. The first kappa shape index (κ1) is 10.3. The monoisotopic (exact) mass is 206 g/mol. The Morgan fingerprint density at radius 1 is 1.23 bits per heavy atom. The molecule has 0 bridgehead atoms. The highest BCUT2D eigenvalue weighted by molar-refractivity contribution is 6.33. The molecule has 0 aromatic rings. The van der Waals surface area contributed by atoms with Gasteiger partial charge < -0.3 is 10.2 Å². The number of carboxylic acid groups (broad SMARTS) is 2. The second-order valence-electron chi connectivity index (χ2n) is 3.38. The Morgan fingerprint density at radius 2 is 1.69 bits per heavy atom. The Bertz CT molecular complexity index is 230. The molecule has 4 nitrogen and oxygen atoms in total. The van der Waals surface area contributed by atoms with E-state index in [0.717, 1.165) is 0 Å². The summed E-state index contributed by atoms with van der Waals surface area (Å²) in [4.78, 5) is 20.0. The molecule has 0 aromatic heterocycles.